The van der Waals surface area contributed by atoms with Gasteiger partial charge in [0.15, 0.2) is 8.32 Å². The number of hydrogen-bond acceptors (Lipinski definition) is 2. The highest BCUT2D eigenvalue weighted by molar-refractivity contribution is 6.74. The van der Waals surface area contributed by atoms with E-state index in [1.807, 2.05) is 0 Å². The van der Waals surface area contributed by atoms with Crippen LogP contribution < -0.4 is 4.74 Å². The van der Waals surface area contributed by atoms with Crippen molar-refractivity contribution < 1.29 is 9.16 Å². The molecule has 0 spiro atoms. The fourth-order valence-electron chi connectivity index (χ4n) is 4.15. The summed E-state index contributed by atoms with van der Waals surface area (Å²) in [5, 5.41) is 0.276. The molecule has 0 unspecified atom stereocenters. The molecule has 0 N–H and O–H groups in total. The molecular weight excluding hydrogens is 324 g/mol. The van der Waals surface area contributed by atoms with Crippen LogP contribution in [0.2, 0.25) is 18.1 Å². The topological polar surface area (TPSA) is 18.5 Å². The van der Waals surface area contributed by atoms with Crippen LogP contribution in [-0.2, 0) is 10.8 Å². The van der Waals surface area contributed by atoms with Gasteiger partial charge in [0, 0.05) is 6.61 Å². The molecule has 2 bridgehead atoms. The first kappa shape index (κ1) is 19.0. The van der Waals surface area contributed by atoms with E-state index in [-0.39, 0.29) is 5.04 Å². The van der Waals surface area contributed by atoms with Crippen LogP contribution in [0.3, 0.4) is 0 Å². The Morgan fingerprint density at radius 1 is 1.04 bits per heavy atom. The lowest BCUT2D eigenvalue weighted by Crippen LogP contribution is -2.41. The summed E-state index contributed by atoms with van der Waals surface area (Å²) in [6.45, 7) is 12.3. The van der Waals surface area contributed by atoms with Crippen molar-refractivity contribution in [2.75, 3.05) is 6.61 Å². The first-order valence-corrected chi connectivity index (χ1v) is 13.0. The van der Waals surface area contributed by atoms with Crippen molar-refractivity contribution in [3.63, 3.8) is 0 Å². The monoisotopic (exact) mass is 360 g/mol. The Kier molecular flexibility index (Phi) is 5.65. The molecule has 3 atom stereocenters. The van der Waals surface area contributed by atoms with E-state index in [2.05, 4.69) is 58.1 Å². The standard InChI is InChI=1S/C22H36O2Si/c1-22(2,3)25(4,5)23-12-11-17-7-6-8-20(14-17)24-21-15-18-9-10-19(13-18)16-21/h6-8,14,18-19,21H,9-13,15-16H2,1-5H3/t18-,19+,21-. The maximum Gasteiger partial charge on any atom is 0.191 e. The van der Waals surface area contributed by atoms with Crippen molar-refractivity contribution in [3.05, 3.63) is 29.8 Å². The Hall–Kier alpha value is -0.803. The SMILES string of the molecule is CC(C)(C)[Si](C)(C)OCCc1cccc(O[C@@H]2C[C@@H]3CC[C@@H](C3)C2)c1. The van der Waals surface area contributed by atoms with Gasteiger partial charge < -0.3 is 9.16 Å². The van der Waals surface area contributed by atoms with Crippen LogP contribution in [0.5, 0.6) is 5.75 Å². The number of hydrogen-bond donors (Lipinski definition) is 0. The molecule has 2 aliphatic rings. The second kappa shape index (κ2) is 7.44. The predicted molar refractivity (Wildman–Crippen MR) is 108 cm³/mol. The summed E-state index contributed by atoms with van der Waals surface area (Å²) in [4.78, 5) is 0. The maximum atomic E-state index is 6.35. The van der Waals surface area contributed by atoms with Crippen LogP contribution in [0.1, 0.15) is 58.4 Å². The van der Waals surface area contributed by atoms with Crippen molar-refractivity contribution in [1.82, 2.24) is 0 Å². The van der Waals surface area contributed by atoms with Gasteiger partial charge in [0.1, 0.15) is 5.75 Å². The lowest BCUT2D eigenvalue weighted by Gasteiger charge is -2.36. The van der Waals surface area contributed by atoms with E-state index < -0.39 is 8.32 Å². The lowest BCUT2D eigenvalue weighted by atomic mass is 9.87. The fraction of sp³-hybridized carbons (Fsp3) is 0.727. The normalized spacial score (nSPS) is 26.7. The van der Waals surface area contributed by atoms with Crippen LogP contribution in [0.4, 0.5) is 0 Å². The van der Waals surface area contributed by atoms with E-state index in [0.717, 1.165) is 30.6 Å². The van der Waals surface area contributed by atoms with Crippen molar-refractivity contribution in [2.45, 2.75) is 83.5 Å². The van der Waals surface area contributed by atoms with Crippen LogP contribution in [0.15, 0.2) is 24.3 Å². The number of fused-ring (bicyclic) bond motifs is 2. The van der Waals surface area contributed by atoms with Crippen LogP contribution in [-0.4, -0.2) is 21.0 Å². The van der Waals surface area contributed by atoms with Crippen LogP contribution >= 0.6 is 0 Å². The van der Waals surface area contributed by atoms with Gasteiger partial charge in [-0.25, -0.2) is 0 Å². The molecule has 0 saturated heterocycles. The molecule has 0 radical (unpaired) electrons. The Morgan fingerprint density at radius 3 is 2.36 bits per heavy atom. The van der Waals surface area contributed by atoms with E-state index in [1.54, 1.807) is 0 Å². The van der Waals surface area contributed by atoms with Crippen molar-refractivity contribution in [1.29, 1.82) is 0 Å². The van der Waals surface area contributed by atoms with E-state index >= 15 is 0 Å². The minimum absolute atomic E-state index is 0.276. The molecule has 3 rings (SSSR count). The van der Waals surface area contributed by atoms with Crippen molar-refractivity contribution in [3.8, 4) is 5.75 Å². The number of benzene rings is 1. The number of rotatable bonds is 6. The molecule has 0 aliphatic heterocycles. The molecule has 2 nitrogen and oxygen atoms in total. The Balaban J connectivity index is 1.51. The minimum atomic E-state index is -1.65. The average Bonchev–Trinajstić information content (AvgIpc) is 2.85. The molecule has 2 fully saturated rings. The zero-order valence-electron chi connectivity index (χ0n) is 16.8. The van der Waals surface area contributed by atoms with Gasteiger partial charge in [0.05, 0.1) is 6.10 Å². The zero-order chi connectivity index (χ0) is 18.1. The highest BCUT2D eigenvalue weighted by Crippen LogP contribution is 2.43. The maximum absolute atomic E-state index is 6.35. The average molecular weight is 361 g/mol. The minimum Gasteiger partial charge on any atom is -0.490 e. The fourth-order valence-corrected chi connectivity index (χ4v) is 5.20. The predicted octanol–water partition coefficient (Wildman–Crippen LogP) is 6.21. The van der Waals surface area contributed by atoms with E-state index in [0.29, 0.717) is 6.10 Å². The van der Waals surface area contributed by atoms with Gasteiger partial charge >= 0.3 is 0 Å². The highest BCUT2D eigenvalue weighted by atomic mass is 28.4. The molecule has 140 valence electrons. The third kappa shape index (κ3) is 4.88. The van der Waals surface area contributed by atoms with E-state index in [4.69, 9.17) is 9.16 Å². The molecular formula is C22H36O2Si. The smallest absolute Gasteiger partial charge is 0.191 e. The zero-order valence-corrected chi connectivity index (χ0v) is 17.8. The van der Waals surface area contributed by atoms with Gasteiger partial charge in [-0.05, 0) is 73.3 Å². The second-order valence-electron chi connectivity index (χ2n) is 9.76. The van der Waals surface area contributed by atoms with E-state index in [9.17, 15) is 0 Å². The summed E-state index contributed by atoms with van der Waals surface area (Å²) in [6, 6.07) is 8.68. The van der Waals surface area contributed by atoms with Gasteiger partial charge in [0.2, 0.25) is 0 Å². The summed E-state index contributed by atoms with van der Waals surface area (Å²) in [5.41, 5.74) is 1.33. The van der Waals surface area contributed by atoms with Crippen molar-refractivity contribution >= 4 is 8.32 Å². The highest BCUT2D eigenvalue weighted by Gasteiger charge is 2.37. The lowest BCUT2D eigenvalue weighted by molar-refractivity contribution is 0.119. The Labute approximate surface area is 155 Å². The molecule has 25 heavy (non-hydrogen) atoms. The molecule has 2 saturated carbocycles. The van der Waals surface area contributed by atoms with Gasteiger partial charge in [-0.2, -0.15) is 0 Å². The molecule has 0 amide bonds. The second-order valence-corrected chi connectivity index (χ2v) is 14.6. The summed E-state index contributed by atoms with van der Waals surface area (Å²) < 4.78 is 12.7. The summed E-state index contributed by atoms with van der Waals surface area (Å²) in [7, 11) is -1.65. The molecule has 0 aromatic heterocycles. The van der Waals surface area contributed by atoms with Crippen LogP contribution in [0.25, 0.3) is 0 Å². The van der Waals surface area contributed by atoms with Gasteiger partial charge in [-0.15, -0.1) is 0 Å². The Morgan fingerprint density at radius 2 is 1.72 bits per heavy atom. The third-order valence-electron chi connectivity index (χ3n) is 6.70. The largest absolute Gasteiger partial charge is 0.490 e. The van der Waals surface area contributed by atoms with Gasteiger partial charge in [-0.3, -0.25) is 0 Å². The summed E-state index contributed by atoms with van der Waals surface area (Å²) in [5.74, 6) is 2.89. The van der Waals surface area contributed by atoms with Crippen molar-refractivity contribution in [2.24, 2.45) is 11.8 Å². The summed E-state index contributed by atoms with van der Waals surface area (Å²) in [6.07, 6.45) is 8.23. The quantitative estimate of drug-likeness (QED) is 0.562. The number of ether oxygens (including phenoxy) is 1. The first-order valence-electron chi connectivity index (χ1n) is 10.1. The third-order valence-corrected chi connectivity index (χ3v) is 11.2. The first-order chi connectivity index (χ1) is 11.7. The van der Waals surface area contributed by atoms with Gasteiger partial charge in [-0.1, -0.05) is 45.7 Å². The van der Waals surface area contributed by atoms with Gasteiger partial charge in [0.25, 0.3) is 0 Å². The molecule has 2 aliphatic carbocycles. The van der Waals surface area contributed by atoms with Crippen LogP contribution in [0, 0.1) is 11.8 Å². The molecule has 3 heteroatoms. The molecule has 1 aromatic carbocycles. The van der Waals surface area contributed by atoms with E-state index in [1.165, 1.54) is 37.7 Å². The summed E-state index contributed by atoms with van der Waals surface area (Å²) >= 11 is 0. The Bertz CT molecular complexity index is 564. The molecule has 1 aromatic rings. The molecule has 0 heterocycles.